The third kappa shape index (κ3) is 26.8. The van der Waals surface area contributed by atoms with E-state index in [0.717, 1.165) is 173 Å². The van der Waals surface area contributed by atoms with Gasteiger partial charge in [0.2, 0.25) is 0 Å². The molecule has 2 aliphatic rings. The number of hydrogen-bond donors (Lipinski definition) is 6. The number of nitrogens with zero attached hydrogens (tertiary/aromatic N) is 4. The van der Waals surface area contributed by atoms with Crippen LogP contribution >= 0.6 is 103 Å². The third-order valence-electron chi connectivity index (χ3n) is 17.5. The van der Waals surface area contributed by atoms with Gasteiger partial charge in [-0.15, -0.1) is 23.2 Å². The molecule has 6 N–H and O–H groups in total. The van der Waals surface area contributed by atoms with Crippen molar-refractivity contribution in [2.45, 2.75) is 78.4 Å². The van der Waals surface area contributed by atoms with Gasteiger partial charge in [-0.1, -0.05) is 122 Å². The van der Waals surface area contributed by atoms with Gasteiger partial charge in [-0.25, -0.2) is 0 Å². The molecule has 2 saturated heterocycles. The SMILES string of the molecule is C1CCOC1.CC(=O)OC(C)=O.CS(=O)(=O)OCc1cc2cc[nH]c(=O)c2c2cc(Br)ccc12.ClCCl.N#CCc1cc2cc[nH]c(=O)c2c2cc(Br)ccc12.O=c1[nH]ccc2cc(CO)c3ccc(Br)cc3c12.OCc1cc2ccncc2c2cc(Br)ccc12.[BH3-]C1CCCO1.[C-]#N.[Na+].[O-][n+]1ccc2cc(CO)c3ccc(Br)cc3c2c1. The first-order valence-corrected chi connectivity index (χ1v) is 42.1. The summed E-state index contributed by atoms with van der Waals surface area (Å²) in [5.74, 6) is -1.12. The van der Waals surface area contributed by atoms with Crippen molar-refractivity contribution in [2.24, 2.45) is 0 Å². The molecule has 15 aromatic rings. The number of nitriles is 1. The van der Waals surface area contributed by atoms with Gasteiger partial charge in [0.15, 0.2) is 12.4 Å². The van der Waals surface area contributed by atoms with Gasteiger partial charge in [-0.3, -0.25) is 33.1 Å². The zero-order valence-electron chi connectivity index (χ0n) is 63.3. The first-order valence-electron chi connectivity index (χ1n) is 35.2. The Labute approximate surface area is 753 Å². The number of aliphatic hydroxyl groups excluding tert-OH is 3. The number of pyridine rings is 5. The summed E-state index contributed by atoms with van der Waals surface area (Å²) in [5, 5.41) is 72.8. The molecule has 2 aliphatic heterocycles. The number of hydrogen-bond acceptors (Lipinski definition) is 18. The molecule has 0 saturated carbocycles. The number of aromatic nitrogens is 5. The summed E-state index contributed by atoms with van der Waals surface area (Å²) in [5.41, 5.74) is 3.91. The molecule has 5 aromatic heterocycles. The minimum absolute atomic E-state index is 0. The zero-order valence-corrected chi connectivity index (χ0v) is 75.6. The van der Waals surface area contributed by atoms with E-state index in [-0.39, 0.29) is 78.0 Å². The molecule has 22 nitrogen and oxygen atoms in total. The van der Waals surface area contributed by atoms with Crippen LogP contribution in [0.4, 0.5) is 0 Å². The van der Waals surface area contributed by atoms with E-state index in [4.69, 9.17) is 54.0 Å². The molecule has 1 atom stereocenters. The molecule has 1 unspecified atom stereocenters. The van der Waals surface area contributed by atoms with Gasteiger partial charge >= 0.3 is 41.5 Å². The summed E-state index contributed by atoms with van der Waals surface area (Å²) >= 11 is 26.7. The van der Waals surface area contributed by atoms with E-state index in [1.165, 1.54) is 45.7 Å². The molecule has 0 aliphatic carbocycles. The normalized spacial score (nSPS) is 12.4. The second-order valence-electron chi connectivity index (χ2n) is 25.3. The second-order valence-corrected chi connectivity index (χ2v) is 32.3. The Bertz CT molecular complexity index is 6460. The Hall–Kier alpha value is -8.38. The van der Waals surface area contributed by atoms with Gasteiger partial charge < -0.3 is 61.5 Å². The van der Waals surface area contributed by atoms with Crippen molar-refractivity contribution in [1.82, 2.24) is 19.9 Å². The van der Waals surface area contributed by atoms with Gasteiger partial charge in [0.05, 0.1) is 72.1 Å². The van der Waals surface area contributed by atoms with Crippen LogP contribution in [0.25, 0.3) is 108 Å². The summed E-state index contributed by atoms with van der Waals surface area (Å²) in [4.78, 5) is 68.0. The number of H-pyrrole nitrogens is 3. The second kappa shape index (κ2) is 47.6. The Morgan fingerprint density at radius 1 is 0.559 bits per heavy atom. The largest absolute Gasteiger partial charge is 1.00 e. The fourth-order valence-corrected chi connectivity index (χ4v) is 14.8. The summed E-state index contributed by atoms with van der Waals surface area (Å²) in [7, 11) is -3.02. The minimum atomic E-state index is -3.54. The molecular formula is C86H77BBr5Cl2N7NaO15S-. The number of alkyl halides is 2. The van der Waals surface area contributed by atoms with Gasteiger partial charge in [-0.2, -0.15) is 18.4 Å². The van der Waals surface area contributed by atoms with Crippen LogP contribution in [-0.2, 0) is 70.9 Å². The quantitative estimate of drug-likeness (QED) is 0.00993. The molecule has 0 bridgehead atoms. The molecule has 0 spiro atoms. The molecule has 2 fully saturated rings. The standard InChI is InChI=1S/C15H9BrN2O.C15H12BrNO4S.2C14H10BrNO2.C14H10BrNO.C4H10BO.C4H6O3.C4H8O.CH2Cl2.CN.Na/c16-11-1-2-12-9(3-5-17)7-10-4-6-18-15(19)14(10)13(12)8-11;1-22(19,20)21-8-10-6-9-4-5-17-15(18)14(9)13-7-11(16)2-3-12(10)13;15-11-1-2-12-10(8-17)5-9-3-4-16(18)7-14(9)13(12)6-11;15-10-1-2-11-9(7-17)5-8-3-4-16-14(18)13(8)12(11)6-10;15-11-1-2-12-10(8-17)5-9-3-4-16-7-14(9)13(12)6-11;5-4-2-1-3-6-4;1-3(5)7-4(2)6;1-2-4-5-3-1;2-1-3;1-2;/h1-2,4,6-8H,3H2,(H,18,19);2-7H,8H2,1H3,(H,17,18);1-7,17H,8H2;1-6,17H,7H2,(H,16,18);1-7,17H,8H2;4H,1-3H2,5H3;1-2H3;1-4H2;1H2;;/q;;;;;-1;;;;-1;+1. The van der Waals surface area contributed by atoms with Crippen LogP contribution in [0, 0.1) is 28.4 Å². The van der Waals surface area contributed by atoms with Crippen LogP contribution in [0.1, 0.15) is 67.3 Å². The number of fused-ring (bicyclic) bond motifs is 15. The molecule has 0 radical (unpaired) electrons. The average molecular weight is 1980 g/mol. The average Bonchev–Trinajstić information content (AvgIpc) is 0.840. The number of carbonyl (C=O) groups excluding carboxylic acids is 2. The van der Waals surface area contributed by atoms with E-state index in [9.17, 15) is 52.9 Å². The summed E-state index contributed by atoms with van der Waals surface area (Å²) < 4.78 is 47.0. The van der Waals surface area contributed by atoms with E-state index in [1.807, 2.05) is 134 Å². The van der Waals surface area contributed by atoms with Crippen LogP contribution in [0.3, 0.4) is 0 Å². The van der Waals surface area contributed by atoms with Crippen LogP contribution in [0.15, 0.2) is 232 Å². The van der Waals surface area contributed by atoms with Crippen molar-refractivity contribution in [3.63, 3.8) is 0 Å². The number of carbonyl (C=O) groups is 2. The van der Waals surface area contributed by atoms with Crippen molar-refractivity contribution < 1.29 is 86.0 Å². The van der Waals surface area contributed by atoms with Crippen molar-refractivity contribution in [3.05, 3.63) is 288 Å². The van der Waals surface area contributed by atoms with Crippen molar-refractivity contribution in [2.75, 3.05) is 31.4 Å². The number of aromatic amines is 3. The number of esters is 2. The monoisotopic (exact) mass is 1980 g/mol. The van der Waals surface area contributed by atoms with E-state index in [0.29, 0.717) is 36.0 Å². The van der Waals surface area contributed by atoms with E-state index < -0.39 is 22.1 Å². The Morgan fingerprint density at radius 2 is 0.932 bits per heavy atom. The van der Waals surface area contributed by atoms with Crippen molar-refractivity contribution in [1.29, 1.82) is 10.5 Å². The summed E-state index contributed by atoms with van der Waals surface area (Å²) in [6.45, 7) is 10.1. The van der Waals surface area contributed by atoms with Crippen LogP contribution in [0.2, 0.25) is 0 Å². The van der Waals surface area contributed by atoms with Gasteiger partial charge in [-0.05, 0) is 251 Å². The maximum Gasteiger partial charge on any atom is 1.00 e. The van der Waals surface area contributed by atoms with Crippen molar-refractivity contribution in [3.8, 4) is 6.07 Å². The first kappa shape index (κ1) is 96.8. The van der Waals surface area contributed by atoms with E-state index in [2.05, 4.69) is 116 Å². The number of ether oxygens (including phenoxy) is 3. The van der Waals surface area contributed by atoms with Gasteiger partial charge in [0.25, 0.3) is 26.8 Å². The van der Waals surface area contributed by atoms with Crippen LogP contribution in [0.5, 0.6) is 0 Å². The predicted molar refractivity (Wildman–Crippen MR) is 484 cm³/mol. The molecule has 17 rings (SSSR count). The number of nitrogens with one attached hydrogen (secondary N) is 3. The van der Waals surface area contributed by atoms with E-state index >= 15 is 0 Å². The Balaban J connectivity index is 0.000000190. The smallest absolute Gasteiger partial charge is 0.619 e. The predicted octanol–water partition coefficient (Wildman–Crippen LogP) is 14.8. The van der Waals surface area contributed by atoms with Gasteiger partial charge in [0.1, 0.15) is 0 Å². The molecule has 10 aromatic carbocycles. The summed E-state index contributed by atoms with van der Waals surface area (Å²) in [6.07, 6.45) is 18.1. The topological polar surface area (TPSA) is 352 Å². The molecule has 606 valence electrons. The number of benzene rings is 10. The number of halogens is 7. The molecule has 7 heterocycles. The zero-order chi connectivity index (χ0) is 85.0. The summed E-state index contributed by atoms with van der Waals surface area (Å²) in [6, 6.07) is 50.7. The molecule has 118 heavy (non-hydrogen) atoms. The molecule has 32 heteroatoms. The van der Waals surface area contributed by atoms with Crippen LogP contribution in [-0.4, -0.2) is 101 Å². The molecular weight excluding hydrogens is 1910 g/mol. The third-order valence-corrected chi connectivity index (χ3v) is 20.5. The van der Waals surface area contributed by atoms with Crippen molar-refractivity contribution >= 4 is 240 Å². The molecule has 0 amide bonds. The van der Waals surface area contributed by atoms with Crippen LogP contribution < -0.4 is 51.0 Å². The Kier molecular flexibility index (Phi) is 39.0. The van der Waals surface area contributed by atoms with E-state index in [1.54, 1.807) is 49.2 Å². The fourth-order valence-electron chi connectivity index (χ4n) is 12.7. The maximum absolute atomic E-state index is 12.1. The Morgan fingerprint density at radius 3 is 1.29 bits per heavy atom. The fraction of sp³-hybridized carbons (Fsp3) is 0.198. The van der Waals surface area contributed by atoms with Gasteiger partial charge in [0, 0.05) is 98.5 Å². The maximum atomic E-state index is 12.1. The minimum Gasteiger partial charge on any atom is -0.619 e. The number of aliphatic hydroxyl groups is 3. The number of rotatable bonds is 7. The first-order chi connectivity index (χ1) is 56.2.